The smallest absolute Gasteiger partial charge is 0.253 e. The summed E-state index contributed by atoms with van der Waals surface area (Å²) in [4.78, 5) is 12.1. The molecule has 0 bridgehead atoms. The van der Waals surface area contributed by atoms with Gasteiger partial charge in [-0.25, -0.2) is 0 Å². The Kier molecular flexibility index (Phi) is 5.82. The Bertz CT molecular complexity index is 437. The Morgan fingerprint density at radius 2 is 2.05 bits per heavy atom. The lowest BCUT2D eigenvalue weighted by Crippen LogP contribution is -2.39. The molecule has 1 rings (SSSR count). The molecule has 0 radical (unpaired) electrons. The minimum atomic E-state index is -0.250. The number of hydrogen-bond acceptors (Lipinski definition) is 3. The van der Waals surface area contributed by atoms with Crippen LogP contribution in [0, 0.1) is 5.41 Å². The van der Waals surface area contributed by atoms with E-state index in [1.807, 2.05) is 13.8 Å². The van der Waals surface area contributed by atoms with Gasteiger partial charge in [0, 0.05) is 22.1 Å². The van der Waals surface area contributed by atoms with Gasteiger partial charge in [-0.2, -0.15) is 0 Å². The van der Waals surface area contributed by atoms with Gasteiger partial charge in [-0.1, -0.05) is 29.8 Å². The van der Waals surface area contributed by atoms with Crippen molar-refractivity contribution in [3.05, 3.63) is 28.2 Å². The van der Waals surface area contributed by atoms with Crippen LogP contribution >= 0.6 is 15.9 Å². The number of nitrogens with one attached hydrogen (secondary N) is 1. The molecule has 1 amide bonds. The molecule has 0 aromatic heterocycles. The number of amides is 1. The Hall–Kier alpha value is -1.07. The van der Waals surface area contributed by atoms with E-state index in [9.17, 15) is 9.90 Å². The van der Waals surface area contributed by atoms with E-state index in [0.29, 0.717) is 17.8 Å². The first kappa shape index (κ1) is 16.0. The number of rotatable bonds is 6. The summed E-state index contributed by atoms with van der Waals surface area (Å²) >= 11 is 3.30. The molecule has 0 spiro atoms. The standard InChI is InChI=1S/C14H21BrN2O2/c1-3-14(4-2,9-18)8-17-13(19)11-6-5-10(15)7-12(11)16/h5-7,18H,3-4,8-9,16H2,1-2H3,(H,17,19). The zero-order valence-corrected chi connectivity index (χ0v) is 13.0. The van der Waals surface area contributed by atoms with Crippen LogP contribution in [0.2, 0.25) is 0 Å². The summed E-state index contributed by atoms with van der Waals surface area (Å²) in [7, 11) is 0. The maximum atomic E-state index is 12.1. The number of anilines is 1. The van der Waals surface area contributed by atoms with Crippen molar-refractivity contribution >= 4 is 27.5 Å². The van der Waals surface area contributed by atoms with Gasteiger partial charge >= 0.3 is 0 Å². The van der Waals surface area contributed by atoms with Crippen molar-refractivity contribution in [3.8, 4) is 0 Å². The quantitative estimate of drug-likeness (QED) is 0.702. The number of hydrogen-bond donors (Lipinski definition) is 3. The van der Waals surface area contributed by atoms with E-state index < -0.39 is 0 Å². The molecule has 4 nitrogen and oxygen atoms in total. The topological polar surface area (TPSA) is 75.3 Å². The average molecular weight is 329 g/mol. The van der Waals surface area contributed by atoms with Crippen LogP contribution in [-0.2, 0) is 0 Å². The van der Waals surface area contributed by atoms with E-state index in [1.54, 1.807) is 18.2 Å². The van der Waals surface area contributed by atoms with Gasteiger partial charge in [-0.3, -0.25) is 4.79 Å². The first-order valence-electron chi connectivity index (χ1n) is 6.42. The van der Waals surface area contributed by atoms with Crippen LogP contribution in [0.4, 0.5) is 5.69 Å². The Morgan fingerprint density at radius 1 is 1.42 bits per heavy atom. The van der Waals surface area contributed by atoms with E-state index in [1.165, 1.54) is 0 Å². The van der Waals surface area contributed by atoms with Crippen LogP contribution in [0.25, 0.3) is 0 Å². The lowest BCUT2D eigenvalue weighted by Gasteiger charge is -2.29. The van der Waals surface area contributed by atoms with Crippen molar-refractivity contribution in [2.75, 3.05) is 18.9 Å². The highest BCUT2D eigenvalue weighted by molar-refractivity contribution is 9.10. The van der Waals surface area contributed by atoms with E-state index >= 15 is 0 Å². The first-order chi connectivity index (χ1) is 8.98. The maximum absolute atomic E-state index is 12.1. The van der Waals surface area contributed by atoms with Gasteiger partial charge in [0.15, 0.2) is 0 Å². The van der Waals surface area contributed by atoms with E-state index in [0.717, 1.165) is 17.3 Å². The second-order valence-corrected chi connectivity index (χ2v) is 5.70. The third-order valence-electron chi connectivity index (χ3n) is 3.72. The highest BCUT2D eigenvalue weighted by atomic mass is 79.9. The highest BCUT2D eigenvalue weighted by Crippen LogP contribution is 2.25. The zero-order valence-electron chi connectivity index (χ0n) is 11.4. The molecule has 0 aliphatic heterocycles. The number of aliphatic hydroxyl groups is 1. The number of benzene rings is 1. The van der Waals surface area contributed by atoms with Crippen LogP contribution in [0.15, 0.2) is 22.7 Å². The molecule has 0 aliphatic rings. The lowest BCUT2D eigenvalue weighted by molar-refractivity contribution is 0.0852. The minimum absolute atomic E-state index is 0.0656. The van der Waals surface area contributed by atoms with Crippen LogP contribution < -0.4 is 11.1 Å². The van der Waals surface area contributed by atoms with Crippen molar-refractivity contribution in [2.45, 2.75) is 26.7 Å². The molecule has 0 fully saturated rings. The van der Waals surface area contributed by atoms with Gasteiger partial charge in [0.2, 0.25) is 0 Å². The Morgan fingerprint density at radius 3 is 2.53 bits per heavy atom. The van der Waals surface area contributed by atoms with Crippen LogP contribution in [0.3, 0.4) is 0 Å². The SMILES string of the molecule is CCC(CC)(CO)CNC(=O)c1ccc(Br)cc1N. The number of nitrogens with two attached hydrogens (primary N) is 1. The number of nitrogen functional groups attached to an aromatic ring is 1. The fourth-order valence-corrected chi connectivity index (χ4v) is 2.26. The molecule has 19 heavy (non-hydrogen) atoms. The third-order valence-corrected chi connectivity index (χ3v) is 4.21. The number of halogens is 1. The summed E-state index contributed by atoms with van der Waals surface area (Å²) in [5.74, 6) is -0.204. The van der Waals surface area contributed by atoms with Crippen LogP contribution in [-0.4, -0.2) is 24.2 Å². The molecule has 0 atom stereocenters. The Labute approximate surface area is 122 Å². The number of carbonyl (C=O) groups excluding carboxylic acids is 1. The van der Waals surface area contributed by atoms with Gasteiger partial charge < -0.3 is 16.2 Å². The predicted molar refractivity (Wildman–Crippen MR) is 81.0 cm³/mol. The molecule has 106 valence electrons. The molecule has 0 saturated carbocycles. The maximum Gasteiger partial charge on any atom is 0.253 e. The Balaban J connectivity index is 2.75. The molecule has 4 N–H and O–H groups in total. The van der Waals surface area contributed by atoms with E-state index in [-0.39, 0.29) is 17.9 Å². The molecular formula is C14H21BrN2O2. The molecule has 0 saturated heterocycles. The normalized spacial score (nSPS) is 11.4. The summed E-state index contributed by atoms with van der Waals surface area (Å²) in [6, 6.07) is 5.17. The highest BCUT2D eigenvalue weighted by Gasteiger charge is 2.26. The van der Waals surface area contributed by atoms with Crippen LogP contribution in [0.5, 0.6) is 0 Å². The summed E-state index contributed by atoms with van der Waals surface area (Å²) in [6.45, 7) is 4.54. The second kappa shape index (κ2) is 6.91. The number of aliphatic hydroxyl groups excluding tert-OH is 1. The van der Waals surface area contributed by atoms with Crippen molar-refractivity contribution in [3.63, 3.8) is 0 Å². The lowest BCUT2D eigenvalue weighted by atomic mass is 9.83. The van der Waals surface area contributed by atoms with Crippen molar-refractivity contribution < 1.29 is 9.90 Å². The molecule has 0 unspecified atom stereocenters. The van der Waals surface area contributed by atoms with E-state index in [2.05, 4.69) is 21.2 Å². The van der Waals surface area contributed by atoms with Crippen molar-refractivity contribution in [1.29, 1.82) is 0 Å². The van der Waals surface area contributed by atoms with Crippen LogP contribution in [0.1, 0.15) is 37.0 Å². The number of carbonyl (C=O) groups is 1. The minimum Gasteiger partial charge on any atom is -0.398 e. The molecule has 0 aliphatic carbocycles. The first-order valence-corrected chi connectivity index (χ1v) is 7.21. The van der Waals surface area contributed by atoms with Gasteiger partial charge in [0.05, 0.1) is 12.2 Å². The van der Waals surface area contributed by atoms with Crippen molar-refractivity contribution in [2.24, 2.45) is 5.41 Å². The summed E-state index contributed by atoms with van der Waals surface area (Å²) in [5.41, 5.74) is 6.47. The molecular weight excluding hydrogens is 308 g/mol. The summed E-state index contributed by atoms with van der Waals surface area (Å²) < 4.78 is 0.841. The average Bonchev–Trinajstić information content (AvgIpc) is 2.40. The van der Waals surface area contributed by atoms with Gasteiger partial charge in [-0.05, 0) is 31.0 Å². The molecule has 1 aromatic rings. The summed E-state index contributed by atoms with van der Waals surface area (Å²) in [5, 5.41) is 12.3. The predicted octanol–water partition coefficient (Wildman–Crippen LogP) is 2.56. The largest absolute Gasteiger partial charge is 0.398 e. The molecule has 0 heterocycles. The molecule has 1 aromatic carbocycles. The fraction of sp³-hybridized carbons (Fsp3) is 0.500. The van der Waals surface area contributed by atoms with Gasteiger partial charge in [0.25, 0.3) is 5.91 Å². The second-order valence-electron chi connectivity index (χ2n) is 4.78. The van der Waals surface area contributed by atoms with E-state index in [4.69, 9.17) is 5.73 Å². The van der Waals surface area contributed by atoms with Gasteiger partial charge in [0.1, 0.15) is 0 Å². The monoisotopic (exact) mass is 328 g/mol. The third kappa shape index (κ3) is 3.94. The van der Waals surface area contributed by atoms with Crippen molar-refractivity contribution in [1.82, 2.24) is 5.32 Å². The molecule has 5 heteroatoms. The summed E-state index contributed by atoms with van der Waals surface area (Å²) in [6.07, 6.45) is 1.63. The van der Waals surface area contributed by atoms with Gasteiger partial charge in [-0.15, -0.1) is 0 Å². The zero-order chi connectivity index (χ0) is 14.5. The fourth-order valence-electron chi connectivity index (χ4n) is 1.88.